The summed E-state index contributed by atoms with van der Waals surface area (Å²) in [4.78, 5) is 37.7. The Hall–Kier alpha value is -3.98. The molecular formula is C30H31F2N5O2. The number of piperidine rings is 1. The molecule has 2 aromatic heterocycles. The standard InChI is InChI=1S/C30H31F2N5O2/c1-19(2)34-27(38)18-37-29(21-7-6-8-23(31)14-21)35-28-25(30(37)39)15-22(16-33-28)24-13-20(9-10-26(24)32)17-36-11-4-3-5-12-36/h6-10,13-16,19H,3-5,11-12,17-18H2,1-2H3,(H,34,38). The van der Waals surface area contributed by atoms with Gasteiger partial charge in [0.15, 0.2) is 5.65 Å². The number of rotatable bonds is 7. The predicted octanol–water partition coefficient (Wildman–Crippen LogP) is 4.91. The molecule has 3 heterocycles. The first-order valence-corrected chi connectivity index (χ1v) is 13.3. The number of benzene rings is 2. The van der Waals surface area contributed by atoms with Gasteiger partial charge in [0.05, 0.1) is 5.39 Å². The molecule has 0 atom stereocenters. The monoisotopic (exact) mass is 531 g/mol. The maximum atomic E-state index is 15.0. The highest BCUT2D eigenvalue weighted by molar-refractivity contribution is 5.83. The molecule has 5 rings (SSSR count). The van der Waals surface area contributed by atoms with E-state index in [0.717, 1.165) is 38.0 Å². The Morgan fingerprint density at radius 3 is 2.56 bits per heavy atom. The molecule has 0 spiro atoms. The molecular weight excluding hydrogens is 500 g/mol. The van der Waals surface area contributed by atoms with Crippen molar-refractivity contribution in [3.63, 3.8) is 0 Å². The first kappa shape index (κ1) is 26.6. The van der Waals surface area contributed by atoms with Crippen LogP contribution in [0.25, 0.3) is 33.5 Å². The van der Waals surface area contributed by atoms with E-state index in [1.165, 1.54) is 41.5 Å². The second-order valence-electron chi connectivity index (χ2n) is 10.3. The number of likely N-dealkylation sites (tertiary alicyclic amines) is 1. The molecule has 0 unspecified atom stereocenters. The van der Waals surface area contributed by atoms with Gasteiger partial charge in [-0.3, -0.25) is 19.1 Å². The summed E-state index contributed by atoms with van der Waals surface area (Å²) < 4.78 is 30.3. The summed E-state index contributed by atoms with van der Waals surface area (Å²) in [6.07, 6.45) is 5.05. The van der Waals surface area contributed by atoms with Crippen LogP contribution in [0.2, 0.25) is 0 Å². The topological polar surface area (TPSA) is 80.1 Å². The molecule has 1 N–H and O–H groups in total. The minimum absolute atomic E-state index is 0.126. The van der Waals surface area contributed by atoms with Crippen LogP contribution < -0.4 is 10.9 Å². The van der Waals surface area contributed by atoms with E-state index in [4.69, 9.17) is 0 Å². The van der Waals surface area contributed by atoms with Crippen LogP contribution in [0.1, 0.15) is 38.7 Å². The average molecular weight is 532 g/mol. The minimum atomic E-state index is -0.516. The Balaban J connectivity index is 1.59. The van der Waals surface area contributed by atoms with Gasteiger partial charge in [-0.05, 0) is 75.7 Å². The normalized spacial score (nSPS) is 14.2. The third-order valence-corrected chi connectivity index (χ3v) is 6.84. The van der Waals surface area contributed by atoms with Crippen molar-refractivity contribution < 1.29 is 13.6 Å². The van der Waals surface area contributed by atoms with Crippen molar-refractivity contribution in [1.29, 1.82) is 0 Å². The van der Waals surface area contributed by atoms with Crippen LogP contribution in [0.15, 0.2) is 59.5 Å². The van der Waals surface area contributed by atoms with Crippen LogP contribution in [0.5, 0.6) is 0 Å². The van der Waals surface area contributed by atoms with Crippen molar-refractivity contribution in [3.8, 4) is 22.5 Å². The molecule has 0 aliphatic carbocycles. The Labute approximate surface area is 225 Å². The number of amides is 1. The lowest BCUT2D eigenvalue weighted by molar-refractivity contribution is -0.122. The maximum Gasteiger partial charge on any atom is 0.263 e. The molecule has 202 valence electrons. The number of nitrogens with zero attached hydrogens (tertiary/aromatic N) is 4. The number of fused-ring (bicyclic) bond motifs is 1. The highest BCUT2D eigenvalue weighted by Gasteiger charge is 2.19. The Kier molecular flexibility index (Phi) is 7.79. The van der Waals surface area contributed by atoms with Crippen LogP contribution in [0.4, 0.5) is 8.78 Å². The zero-order valence-corrected chi connectivity index (χ0v) is 22.1. The highest BCUT2D eigenvalue weighted by atomic mass is 19.1. The quantitative estimate of drug-likeness (QED) is 0.367. The van der Waals surface area contributed by atoms with E-state index >= 15 is 4.39 Å². The van der Waals surface area contributed by atoms with Gasteiger partial charge in [0.2, 0.25) is 5.91 Å². The highest BCUT2D eigenvalue weighted by Crippen LogP contribution is 2.27. The molecule has 0 radical (unpaired) electrons. The first-order valence-electron chi connectivity index (χ1n) is 13.3. The van der Waals surface area contributed by atoms with E-state index in [0.29, 0.717) is 16.7 Å². The van der Waals surface area contributed by atoms with Gasteiger partial charge in [0, 0.05) is 35.5 Å². The number of aromatic nitrogens is 3. The number of hydrogen-bond donors (Lipinski definition) is 1. The predicted molar refractivity (Wildman–Crippen MR) is 147 cm³/mol. The molecule has 39 heavy (non-hydrogen) atoms. The van der Waals surface area contributed by atoms with E-state index in [1.54, 1.807) is 24.3 Å². The van der Waals surface area contributed by atoms with E-state index < -0.39 is 17.2 Å². The van der Waals surface area contributed by atoms with Crippen molar-refractivity contribution in [1.82, 2.24) is 24.8 Å². The molecule has 0 bridgehead atoms. The zero-order chi connectivity index (χ0) is 27.5. The van der Waals surface area contributed by atoms with Gasteiger partial charge in [0.25, 0.3) is 5.56 Å². The molecule has 2 aromatic carbocycles. The lowest BCUT2D eigenvalue weighted by Gasteiger charge is -2.26. The lowest BCUT2D eigenvalue weighted by atomic mass is 10.0. The molecule has 4 aromatic rings. The number of hydrogen-bond acceptors (Lipinski definition) is 5. The molecule has 1 saturated heterocycles. The summed E-state index contributed by atoms with van der Waals surface area (Å²) in [5.41, 5.74) is 1.72. The van der Waals surface area contributed by atoms with Crippen LogP contribution in [-0.2, 0) is 17.9 Å². The van der Waals surface area contributed by atoms with Gasteiger partial charge in [0.1, 0.15) is 24.0 Å². The number of carbonyl (C=O) groups excluding carboxylic acids is 1. The van der Waals surface area contributed by atoms with Crippen LogP contribution in [0, 0.1) is 11.6 Å². The van der Waals surface area contributed by atoms with Crippen LogP contribution in [-0.4, -0.2) is 44.5 Å². The smallest absolute Gasteiger partial charge is 0.263 e. The van der Waals surface area contributed by atoms with Crippen molar-refractivity contribution in [2.45, 2.75) is 52.2 Å². The van der Waals surface area contributed by atoms with Crippen molar-refractivity contribution in [2.75, 3.05) is 13.1 Å². The minimum Gasteiger partial charge on any atom is -0.352 e. The van der Waals surface area contributed by atoms with E-state index in [2.05, 4.69) is 20.2 Å². The fourth-order valence-electron chi connectivity index (χ4n) is 5.03. The van der Waals surface area contributed by atoms with Gasteiger partial charge >= 0.3 is 0 Å². The van der Waals surface area contributed by atoms with Gasteiger partial charge in [-0.25, -0.2) is 18.7 Å². The third-order valence-electron chi connectivity index (χ3n) is 6.84. The van der Waals surface area contributed by atoms with E-state index in [1.807, 2.05) is 13.8 Å². The number of nitrogens with one attached hydrogen (secondary N) is 1. The third kappa shape index (κ3) is 6.04. The van der Waals surface area contributed by atoms with Gasteiger partial charge < -0.3 is 5.32 Å². The zero-order valence-electron chi connectivity index (χ0n) is 22.1. The summed E-state index contributed by atoms with van der Waals surface area (Å²) in [5.74, 6) is -1.17. The number of halogens is 2. The molecule has 1 amide bonds. The average Bonchev–Trinajstić information content (AvgIpc) is 2.91. The number of carbonyl (C=O) groups is 1. The second-order valence-corrected chi connectivity index (χ2v) is 10.3. The van der Waals surface area contributed by atoms with Crippen molar-refractivity contribution in [2.24, 2.45) is 0 Å². The molecule has 1 aliphatic rings. The lowest BCUT2D eigenvalue weighted by Crippen LogP contribution is -2.37. The summed E-state index contributed by atoms with van der Waals surface area (Å²) in [6.45, 7) is 6.09. The van der Waals surface area contributed by atoms with Crippen LogP contribution >= 0.6 is 0 Å². The van der Waals surface area contributed by atoms with Crippen LogP contribution in [0.3, 0.4) is 0 Å². The molecule has 7 nitrogen and oxygen atoms in total. The van der Waals surface area contributed by atoms with Crippen molar-refractivity contribution >= 4 is 16.9 Å². The van der Waals surface area contributed by atoms with Crippen molar-refractivity contribution in [3.05, 3.63) is 82.3 Å². The summed E-state index contributed by atoms with van der Waals surface area (Å²) >= 11 is 0. The second kappa shape index (κ2) is 11.4. The maximum absolute atomic E-state index is 15.0. The Bertz CT molecular complexity index is 1580. The fourth-order valence-corrected chi connectivity index (χ4v) is 5.03. The summed E-state index contributed by atoms with van der Waals surface area (Å²) in [7, 11) is 0. The SMILES string of the molecule is CC(C)NC(=O)Cn1c(-c2cccc(F)c2)nc2ncc(-c3cc(CN4CCCCC4)ccc3F)cc2c1=O. The molecule has 1 fully saturated rings. The summed E-state index contributed by atoms with van der Waals surface area (Å²) in [6, 6.07) is 12.1. The van der Waals surface area contributed by atoms with Gasteiger partial charge in [-0.15, -0.1) is 0 Å². The van der Waals surface area contributed by atoms with E-state index in [-0.39, 0.29) is 35.4 Å². The largest absolute Gasteiger partial charge is 0.352 e. The van der Waals surface area contributed by atoms with Gasteiger partial charge in [-0.1, -0.05) is 24.6 Å². The fraction of sp³-hybridized carbons (Fsp3) is 0.333. The molecule has 9 heteroatoms. The number of pyridine rings is 1. The Morgan fingerprint density at radius 2 is 1.82 bits per heavy atom. The summed E-state index contributed by atoms with van der Waals surface area (Å²) in [5, 5.41) is 2.92. The first-order chi connectivity index (χ1) is 18.8. The van der Waals surface area contributed by atoms with Gasteiger partial charge in [-0.2, -0.15) is 0 Å². The Morgan fingerprint density at radius 1 is 1.03 bits per heavy atom. The molecule has 0 saturated carbocycles. The molecule has 1 aliphatic heterocycles. The van der Waals surface area contributed by atoms with E-state index in [9.17, 15) is 14.0 Å².